The minimum atomic E-state index is -1.26. The molecule has 134 valence electrons. The number of hydrogen-bond donors (Lipinski definition) is 4. The number of benzene rings is 1. The number of hydrogen-bond acceptors (Lipinski definition) is 4. The first-order valence-electron chi connectivity index (χ1n) is 7.27. The van der Waals surface area contributed by atoms with Crippen molar-refractivity contribution in [2.75, 3.05) is 0 Å². The summed E-state index contributed by atoms with van der Waals surface area (Å²) in [5.74, 6) is -2.51. The minimum Gasteiger partial charge on any atom is -0.478 e. The van der Waals surface area contributed by atoms with Gasteiger partial charge in [0.05, 0.1) is 6.10 Å². The summed E-state index contributed by atoms with van der Waals surface area (Å²) in [5, 5.41) is 29.8. The molecule has 0 amide bonds. The van der Waals surface area contributed by atoms with E-state index in [0.717, 1.165) is 5.56 Å². The van der Waals surface area contributed by atoms with Crippen LogP contribution in [0.15, 0.2) is 36.4 Å². The SMILES string of the molecule is CC(NC(C)(C)C)C(O)c1cccc(Cl)c1.O=C(O)C=CC(=O)O. The molecule has 1 aromatic carbocycles. The molecular formula is C17H24ClNO5. The molecule has 2 unspecified atom stereocenters. The van der Waals surface area contributed by atoms with Gasteiger partial charge < -0.3 is 20.6 Å². The molecule has 0 aliphatic rings. The Kier molecular flexibility index (Phi) is 9.28. The molecule has 0 bridgehead atoms. The van der Waals surface area contributed by atoms with Gasteiger partial charge in [-0.1, -0.05) is 23.7 Å². The molecule has 0 spiro atoms. The maximum Gasteiger partial charge on any atom is 0.328 e. The van der Waals surface area contributed by atoms with E-state index >= 15 is 0 Å². The van der Waals surface area contributed by atoms with Crippen LogP contribution in [0.25, 0.3) is 0 Å². The number of carboxylic acids is 2. The van der Waals surface area contributed by atoms with E-state index in [1.165, 1.54) is 0 Å². The molecule has 24 heavy (non-hydrogen) atoms. The lowest BCUT2D eigenvalue weighted by molar-refractivity contribution is -0.134. The van der Waals surface area contributed by atoms with Gasteiger partial charge in [0.15, 0.2) is 0 Å². The number of aliphatic hydroxyl groups excluding tert-OH is 1. The summed E-state index contributed by atoms with van der Waals surface area (Å²) in [6.45, 7) is 8.20. The van der Waals surface area contributed by atoms with Crippen LogP contribution >= 0.6 is 11.6 Å². The summed E-state index contributed by atoms with van der Waals surface area (Å²) in [6, 6.07) is 7.33. The Morgan fingerprint density at radius 2 is 1.67 bits per heavy atom. The van der Waals surface area contributed by atoms with Crippen LogP contribution in [0.4, 0.5) is 0 Å². The number of carbonyl (C=O) groups is 2. The van der Waals surface area contributed by atoms with Gasteiger partial charge in [0, 0.05) is 28.8 Å². The van der Waals surface area contributed by atoms with Crippen molar-refractivity contribution in [3.05, 3.63) is 47.0 Å². The Morgan fingerprint density at radius 1 is 1.17 bits per heavy atom. The fourth-order valence-electron chi connectivity index (χ4n) is 1.88. The molecule has 7 heteroatoms. The molecule has 0 radical (unpaired) electrons. The summed E-state index contributed by atoms with van der Waals surface area (Å²) < 4.78 is 0. The van der Waals surface area contributed by atoms with E-state index in [2.05, 4.69) is 26.1 Å². The van der Waals surface area contributed by atoms with Crippen molar-refractivity contribution < 1.29 is 24.9 Å². The lowest BCUT2D eigenvalue weighted by atomic mass is 10.00. The lowest BCUT2D eigenvalue weighted by Gasteiger charge is -2.29. The van der Waals surface area contributed by atoms with Crippen molar-refractivity contribution in [3.63, 3.8) is 0 Å². The molecule has 0 aliphatic heterocycles. The monoisotopic (exact) mass is 357 g/mol. The number of nitrogens with one attached hydrogen (secondary N) is 1. The fraction of sp³-hybridized carbons (Fsp3) is 0.412. The van der Waals surface area contributed by atoms with Gasteiger partial charge in [-0.3, -0.25) is 0 Å². The zero-order valence-electron chi connectivity index (χ0n) is 14.2. The van der Waals surface area contributed by atoms with Crippen molar-refractivity contribution in [2.24, 2.45) is 0 Å². The predicted molar refractivity (Wildman–Crippen MR) is 93.2 cm³/mol. The van der Waals surface area contributed by atoms with Gasteiger partial charge in [0.2, 0.25) is 0 Å². The van der Waals surface area contributed by atoms with E-state index in [1.807, 2.05) is 19.1 Å². The van der Waals surface area contributed by atoms with Crippen LogP contribution in [-0.4, -0.2) is 38.8 Å². The van der Waals surface area contributed by atoms with Gasteiger partial charge >= 0.3 is 11.9 Å². The molecule has 0 heterocycles. The molecule has 0 aliphatic carbocycles. The fourth-order valence-corrected chi connectivity index (χ4v) is 2.08. The molecule has 2 atom stereocenters. The molecule has 1 rings (SSSR count). The molecular weight excluding hydrogens is 334 g/mol. The Bertz CT molecular complexity index is 565. The van der Waals surface area contributed by atoms with Crippen LogP contribution in [0, 0.1) is 0 Å². The molecule has 0 saturated carbocycles. The molecule has 0 saturated heterocycles. The molecule has 1 aromatic rings. The topological polar surface area (TPSA) is 107 Å². The van der Waals surface area contributed by atoms with Crippen molar-refractivity contribution >= 4 is 23.5 Å². The molecule has 4 N–H and O–H groups in total. The second-order valence-corrected chi connectivity index (χ2v) is 6.63. The Hall–Kier alpha value is -1.89. The van der Waals surface area contributed by atoms with Crippen molar-refractivity contribution in [3.8, 4) is 0 Å². The summed E-state index contributed by atoms with van der Waals surface area (Å²) in [6.07, 6.45) is 0.572. The number of rotatable bonds is 5. The first kappa shape index (κ1) is 22.1. The Balaban J connectivity index is 0.000000561. The first-order valence-corrected chi connectivity index (χ1v) is 7.65. The summed E-state index contributed by atoms with van der Waals surface area (Å²) in [7, 11) is 0. The predicted octanol–water partition coefficient (Wildman–Crippen LogP) is 2.86. The van der Waals surface area contributed by atoms with Gasteiger partial charge in [0.25, 0.3) is 0 Å². The Labute approximate surface area is 146 Å². The maximum atomic E-state index is 10.2. The van der Waals surface area contributed by atoms with Gasteiger partial charge in [0.1, 0.15) is 0 Å². The first-order chi connectivity index (χ1) is 10.9. The minimum absolute atomic E-state index is 0.0149. The lowest BCUT2D eigenvalue weighted by Crippen LogP contribution is -2.44. The highest BCUT2D eigenvalue weighted by atomic mass is 35.5. The van der Waals surface area contributed by atoms with E-state index < -0.39 is 18.0 Å². The van der Waals surface area contributed by atoms with Crippen LogP contribution in [0.1, 0.15) is 39.4 Å². The van der Waals surface area contributed by atoms with E-state index in [-0.39, 0.29) is 11.6 Å². The second kappa shape index (κ2) is 10.1. The van der Waals surface area contributed by atoms with Crippen LogP contribution in [0.2, 0.25) is 5.02 Å². The third-order valence-corrected chi connectivity index (χ3v) is 2.93. The summed E-state index contributed by atoms with van der Waals surface area (Å²) >= 11 is 5.90. The summed E-state index contributed by atoms with van der Waals surface area (Å²) in [5.41, 5.74) is 0.829. The van der Waals surface area contributed by atoms with Gasteiger partial charge in [-0.2, -0.15) is 0 Å². The highest BCUT2D eigenvalue weighted by molar-refractivity contribution is 6.30. The van der Waals surface area contributed by atoms with Gasteiger partial charge in [-0.05, 0) is 45.4 Å². The molecule has 0 aromatic heterocycles. The summed E-state index contributed by atoms with van der Waals surface area (Å²) in [4.78, 5) is 19.1. The average molecular weight is 358 g/mol. The number of aliphatic hydroxyl groups is 1. The second-order valence-electron chi connectivity index (χ2n) is 6.19. The van der Waals surface area contributed by atoms with Crippen LogP contribution < -0.4 is 5.32 Å². The number of halogens is 1. The quantitative estimate of drug-likeness (QED) is 0.604. The highest BCUT2D eigenvalue weighted by Crippen LogP contribution is 2.21. The van der Waals surface area contributed by atoms with Crippen LogP contribution in [0.3, 0.4) is 0 Å². The zero-order valence-corrected chi connectivity index (χ0v) is 14.9. The van der Waals surface area contributed by atoms with Gasteiger partial charge in [-0.15, -0.1) is 0 Å². The van der Waals surface area contributed by atoms with E-state index in [1.54, 1.807) is 12.1 Å². The standard InChI is InChI=1S/C13H20ClNO.C4H4O4/c1-9(15-13(2,3)4)12(16)10-6-5-7-11(14)8-10;5-3(6)1-2-4(7)8/h5-9,12,15-16H,1-4H3;1-2H,(H,5,6)(H,7,8). The number of aliphatic carboxylic acids is 2. The van der Waals surface area contributed by atoms with Crippen LogP contribution in [-0.2, 0) is 9.59 Å². The van der Waals surface area contributed by atoms with E-state index in [0.29, 0.717) is 17.2 Å². The normalized spacial score (nSPS) is 13.8. The number of carboxylic acid groups (broad SMARTS) is 2. The van der Waals surface area contributed by atoms with Gasteiger partial charge in [-0.25, -0.2) is 9.59 Å². The molecule has 6 nitrogen and oxygen atoms in total. The van der Waals surface area contributed by atoms with Crippen molar-refractivity contribution in [2.45, 2.75) is 45.4 Å². The highest BCUT2D eigenvalue weighted by Gasteiger charge is 2.21. The van der Waals surface area contributed by atoms with Crippen LogP contribution in [0.5, 0.6) is 0 Å². The maximum absolute atomic E-state index is 10.2. The molecule has 0 fully saturated rings. The largest absolute Gasteiger partial charge is 0.478 e. The smallest absolute Gasteiger partial charge is 0.328 e. The van der Waals surface area contributed by atoms with E-state index in [4.69, 9.17) is 21.8 Å². The third kappa shape index (κ3) is 10.8. The van der Waals surface area contributed by atoms with Crippen molar-refractivity contribution in [1.82, 2.24) is 5.32 Å². The zero-order chi connectivity index (χ0) is 18.9. The van der Waals surface area contributed by atoms with Crippen molar-refractivity contribution in [1.29, 1.82) is 0 Å². The third-order valence-electron chi connectivity index (χ3n) is 2.69. The van der Waals surface area contributed by atoms with E-state index in [9.17, 15) is 14.7 Å². The average Bonchev–Trinajstić information content (AvgIpc) is 2.43. The Morgan fingerprint density at radius 3 is 2.04 bits per heavy atom.